The van der Waals surface area contributed by atoms with E-state index < -0.39 is 17.3 Å². The van der Waals surface area contributed by atoms with E-state index >= 15 is 0 Å². The molecule has 3 heterocycles. The van der Waals surface area contributed by atoms with Gasteiger partial charge in [-0.3, -0.25) is 14.4 Å². The molecule has 4 rings (SSSR count). The van der Waals surface area contributed by atoms with Crippen LogP contribution in [0.3, 0.4) is 0 Å². The maximum absolute atomic E-state index is 13.6. The number of aromatic nitrogens is 3. The second kappa shape index (κ2) is 8.51. The maximum atomic E-state index is 13.6. The summed E-state index contributed by atoms with van der Waals surface area (Å²) in [6.07, 6.45) is 0. The number of hydrogen-bond donors (Lipinski definition) is 1. The van der Waals surface area contributed by atoms with Gasteiger partial charge in [0.15, 0.2) is 17.1 Å². The van der Waals surface area contributed by atoms with E-state index in [4.69, 9.17) is 16.3 Å². The number of carbonyl (C=O) groups excluding carboxylic acids is 2. The van der Waals surface area contributed by atoms with Gasteiger partial charge in [-0.1, -0.05) is 17.7 Å². The smallest absolute Gasteiger partial charge is 0.280 e. The number of halogens is 2. The lowest BCUT2D eigenvalue weighted by Crippen LogP contribution is -2.42. The number of likely N-dealkylation sites (N-methyl/N-ethyl adjacent to an activating group) is 1. The van der Waals surface area contributed by atoms with Gasteiger partial charge >= 0.3 is 0 Å². The zero-order chi connectivity index (χ0) is 24.0. The molecule has 0 fully saturated rings. The fourth-order valence-electron chi connectivity index (χ4n) is 4.28. The number of nitrogens with one attached hydrogen (secondary N) is 1. The highest BCUT2D eigenvalue weighted by molar-refractivity contribution is 6.30. The summed E-state index contributed by atoms with van der Waals surface area (Å²) in [4.78, 5) is 41.2. The van der Waals surface area contributed by atoms with E-state index in [9.17, 15) is 18.8 Å². The molecule has 1 aliphatic heterocycles. The predicted molar refractivity (Wildman–Crippen MR) is 121 cm³/mol. The van der Waals surface area contributed by atoms with E-state index in [-0.39, 0.29) is 51.6 Å². The van der Waals surface area contributed by atoms with Crippen LogP contribution in [0.5, 0.6) is 5.75 Å². The SMILES string of the molecule is CCN1C[C@H](C)n2c(c(OC)c3c(=O)n(Cc4ccc(F)c(Cl)c4)nc(C(=O)NC)c32)C1=O. The molecule has 0 spiro atoms. The van der Waals surface area contributed by atoms with Crippen LogP contribution in [0.4, 0.5) is 4.39 Å². The van der Waals surface area contributed by atoms with Crippen molar-refractivity contribution in [2.45, 2.75) is 26.4 Å². The molecular formula is C22H23ClFN5O4. The minimum Gasteiger partial charge on any atom is -0.493 e. The van der Waals surface area contributed by atoms with Gasteiger partial charge in [0.2, 0.25) is 0 Å². The number of benzene rings is 1. The summed E-state index contributed by atoms with van der Waals surface area (Å²) in [5.74, 6) is -1.30. The van der Waals surface area contributed by atoms with E-state index in [1.807, 2.05) is 13.8 Å². The molecule has 2 amide bonds. The first-order chi connectivity index (χ1) is 15.7. The molecule has 33 heavy (non-hydrogen) atoms. The van der Waals surface area contributed by atoms with Gasteiger partial charge < -0.3 is 19.5 Å². The van der Waals surface area contributed by atoms with Crippen molar-refractivity contribution >= 4 is 34.3 Å². The van der Waals surface area contributed by atoms with Crippen LogP contribution in [0.2, 0.25) is 5.02 Å². The van der Waals surface area contributed by atoms with Gasteiger partial charge in [-0.25, -0.2) is 9.07 Å². The highest BCUT2D eigenvalue weighted by Crippen LogP contribution is 2.38. The third kappa shape index (κ3) is 3.54. The second-order valence-electron chi connectivity index (χ2n) is 7.81. The van der Waals surface area contributed by atoms with Crippen molar-refractivity contribution in [2.24, 2.45) is 0 Å². The largest absolute Gasteiger partial charge is 0.493 e. The molecule has 0 radical (unpaired) electrons. The fourth-order valence-corrected chi connectivity index (χ4v) is 4.48. The van der Waals surface area contributed by atoms with Crippen molar-refractivity contribution in [1.82, 2.24) is 24.6 Å². The van der Waals surface area contributed by atoms with Gasteiger partial charge in [0, 0.05) is 26.2 Å². The van der Waals surface area contributed by atoms with Crippen molar-refractivity contribution in [3.8, 4) is 5.75 Å². The Balaban J connectivity index is 2.05. The first kappa shape index (κ1) is 22.8. The van der Waals surface area contributed by atoms with Gasteiger partial charge in [-0.05, 0) is 31.5 Å². The van der Waals surface area contributed by atoms with Crippen LogP contribution in [0.1, 0.15) is 46.4 Å². The molecule has 0 saturated heterocycles. The Kier molecular flexibility index (Phi) is 5.87. The third-order valence-corrected chi connectivity index (χ3v) is 6.10. The fraction of sp³-hybridized carbons (Fsp3) is 0.364. The van der Waals surface area contributed by atoms with Crippen LogP contribution in [0.25, 0.3) is 10.9 Å². The first-order valence-corrected chi connectivity index (χ1v) is 10.8. The second-order valence-corrected chi connectivity index (χ2v) is 8.21. The zero-order valence-electron chi connectivity index (χ0n) is 18.6. The molecule has 0 aliphatic carbocycles. The number of nitrogens with zero attached hydrogens (tertiary/aromatic N) is 4. The lowest BCUT2D eigenvalue weighted by atomic mass is 10.2. The number of hydrogen-bond acceptors (Lipinski definition) is 5. The summed E-state index contributed by atoms with van der Waals surface area (Å²) in [7, 11) is 2.83. The van der Waals surface area contributed by atoms with Crippen LogP contribution >= 0.6 is 11.6 Å². The van der Waals surface area contributed by atoms with Gasteiger partial charge in [0.1, 0.15) is 11.2 Å². The highest BCUT2D eigenvalue weighted by atomic mass is 35.5. The molecule has 0 bridgehead atoms. The molecule has 1 N–H and O–H groups in total. The van der Waals surface area contributed by atoms with E-state index in [2.05, 4.69) is 10.4 Å². The summed E-state index contributed by atoms with van der Waals surface area (Å²) in [6, 6.07) is 3.84. The topological polar surface area (TPSA) is 98.5 Å². The predicted octanol–water partition coefficient (Wildman–Crippen LogP) is 2.44. The summed E-state index contributed by atoms with van der Waals surface area (Å²) in [6.45, 7) is 4.61. The van der Waals surface area contributed by atoms with Crippen molar-refractivity contribution in [2.75, 3.05) is 27.2 Å². The van der Waals surface area contributed by atoms with Crippen molar-refractivity contribution < 1.29 is 18.7 Å². The normalized spacial score (nSPS) is 15.6. The summed E-state index contributed by atoms with van der Waals surface area (Å²) < 4.78 is 21.9. The summed E-state index contributed by atoms with van der Waals surface area (Å²) >= 11 is 5.88. The Bertz CT molecular complexity index is 1350. The third-order valence-electron chi connectivity index (χ3n) is 5.81. The number of ether oxygens (including phenoxy) is 1. The minimum atomic E-state index is -0.586. The van der Waals surface area contributed by atoms with Gasteiger partial charge in [-0.15, -0.1) is 0 Å². The van der Waals surface area contributed by atoms with E-state index in [1.54, 1.807) is 9.47 Å². The molecule has 11 heteroatoms. The van der Waals surface area contributed by atoms with Gasteiger partial charge in [0.25, 0.3) is 17.4 Å². The maximum Gasteiger partial charge on any atom is 0.280 e. The van der Waals surface area contributed by atoms with Crippen molar-refractivity contribution in [1.29, 1.82) is 0 Å². The standard InChI is InChI=1S/C22H23ClFN5O4/c1-5-27-9-11(2)29-17-15(19(33-4)18(29)22(27)32)21(31)28(26-16(17)20(30)25-3)10-12-6-7-14(24)13(23)8-12/h6-8,11H,5,9-10H2,1-4H3,(H,25,30)/t11-/m0/s1. The lowest BCUT2D eigenvalue weighted by Gasteiger charge is -2.32. The van der Waals surface area contributed by atoms with Crippen LogP contribution < -0.4 is 15.6 Å². The Hall–Kier alpha value is -3.40. The van der Waals surface area contributed by atoms with Gasteiger partial charge in [0.05, 0.1) is 24.2 Å². The Morgan fingerprint density at radius 1 is 1.36 bits per heavy atom. The molecule has 3 aromatic rings. The van der Waals surface area contributed by atoms with Crippen molar-refractivity contribution in [3.63, 3.8) is 0 Å². The molecule has 1 atom stereocenters. The molecule has 0 saturated carbocycles. The number of carbonyl (C=O) groups is 2. The van der Waals surface area contributed by atoms with Gasteiger partial charge in [-0.2, -0.15) is 5.10 Å². The molecular weight excluding hydrogens is 453 g/mol. The van der Waals surface area contributed by atoms with E-state index in [1.165, 1.54) is 32.4 Å². The Labute approximate surface area is 193 Å². The van der Waals surface area contributed by atoms with Crippen LogP contribution in [-0.2, 0) is 6.54 Å². The van der Waals surface area contributed by atoms with Crippen LogP contribution in [0.15, 0.2) is 23.0 Å². The number of rotatable bonds is 5. The summed E-state index contributed by atoms with van der Waals surface area (Å²) in [5.41, 5.74) is 0.410. The Morgan fingerprint density at radius 3 is 2.70 bits per heavy atom. The minimum absolute atomic E-state index is 0.0190. The number of amides is 2. The van der Waals surface area contributed by atoms with E-state index in [0.29, 0.717) is 18.7 Å². The number of methoxy groups -OCH3 is 1. The molecule has 1 aromatic carbocycles. The van der Waals surface area contributed by atoms with E-state index in [0.717, 1.165) is 4.68 Å². The average Bonchev–Trinajstić information content (AvgIpc) is 3.16. The monoisotopic (exact) mass is 475 g/mol. The molecule has 0 unspecified atom stereocenters. The highest BCUT2D eigenvalue weighted by Gasteiger charge is 2.38. The molecule has 174 valence electrons. The van der Waals surface area contributed by atoms with Crippen LogP contribution in [-0.4, -0.2) is 58.3 Å². The first-order valence-electron chi connectivity index (χ1n) is 10.4. The van der Waals surface area contributed by atoms with Crippen molar-refractivity contribution in [3.05, 3.63) is 56.3 Å². The quantitative estimate of drug-likeness (QED) is 0.611. The molecule has 9 nitrogen and oxygen atoms in total. The lowest BCUT2D eigenvalue weighted by molar-refractivity contribution is 0.0685. The summed E-state index contributed by atoms with van der Waals surface area (Å²) in [5, 5.41) is 6.87. The number of fused-ring (bicyclic) bond motifs is 3. The zero-order valence-corrected chi connectivity index (χ0v) is 19.4. The molecule has 1 aliphatic rings. The average molecular weight is 476 g/mol. The Morgan fingerprint density at radius 2 is 2.09 bits per heavy atom. The van der Waals surface area contributed by atoms with Crippen LogP contribution in [0, 0.1) is 5.82 Å². The molecule has 2 aromatic heterocycles.